The van der Waals surface area contributed by atoms with Crippen LogP contribution >= 0.6 is 0 Å². The lowest BCUT2D eigenvalue weighted by atomic mass is 10.1. The van der Waals surface area contributed by atoms with E-state index in [1.54, 1.807) is 12.1 Å². The Hall–Kier alpha value is -1.48. The molecule has 0 atom stereocenters. The fourth-order valence-electron chi connectivity index (χ4n) is 1.000. The lowest BCUT2D eigenvalue weighted by Gasteiger charge is -1.98. The van der Waals surface area contributed by atoms with Gasteiger partial charge < -0.3 is 5.73 Å². The Morgan fingerprint density at radius 3 is 1.92 bits per heavy atom. The lowest BCUT2D eigenvalue weighted by Crippen LogP contribution is -1.98. The van der Waals surface area contributed by atoms with Gasteiger partial charge in [-0.25, -0.2) is 0 Å². The number of hydrogen-bond donors (Lipinski definition) is 1. The summed E-state index contributed by atoms with van der Waals surface area (Å²) in [5, 5.41) is 0. The van der Waals surface area contributed by atoms with Gasteiger partial charge in [0.05, 0.1) is 0 Å². The maximum absolute atomic E-state index is 10.4. The van der Waals surface area contributed by atoms with Crippen LogP contribution in [0, 0.1) is 0 Å². The molecule has 0 fully saturated rings. The van der Waals surface area contributed by atoms with Gasteiger partial charge in [0.1, 0.15) is 12.6 Å². The molecule has 0 unspecified atom stereocenters. The van der Waals surface area contributed by atoms with E-state index < -0.39 is 0 Å². The smallest absolute Gasteiger partial charge is 0.150 e. The highest BCUT2D eigenvalue weighted by atomic mass is 16.1. The normalized spacial score (nSPS) is 9.42. The summed E-state index contributed by atoms with van der Waals surface area (Å²) in [6.45, 7) is 0.336. The SMILES string of the molecule is NCc1cc(C=O)cc(C=O)c1. The summed E-state index contributed by atoms with van der Waals surface area (Å²) >= 11 is 0. The monoisotopic (exact) mass is 163 g/mol. The van der Waals surface area contributed by atoms with Crippen LogP contribution in [-0.4, -0.2) is 12.6 Å². The van der Waals surface area contributed by atoms with Crippen LogP contribution in [0.25, 0.3) is 0 Å². The molecule has 2 N–H and O–H groups in total. The summed E-state index contributed by atoms with van der Waals surface area (Å²) in [5.74, 6) is 0. The zero-order valence-corrected chi connectivity index (χ0v) is 6.49. The van der Waals surface area contributed by atoms with E-state index >= 15 is 0 Å². The van der Waals surface area contributed by atoms with Gasteiger partial charge in [-0.05, 0) is 23.8 Å². The summed E-state index contributed by atoms with van der Waals surface area (Å²) in [5.41, 5.74) is 7.13. The molecule has 0 aliphatic heterocycles. The van der Waals surface area contributed by atoms with Crippen molar-refractivity contribution in [3.05, 3.63) is 34.9 Å². The molecule has 0 aliphatic rings. The Labute approximate surface area is 70.2 Å². The highest BCUT2D eigenvalue weighted by Crippen LogP contribution is 2.06. The minimum Gasteiger partial charge on any atom is -0.326 e. The fourth-order valence-corrected chi connectivity index (χ4v) is 1.000. The van der Waals surface area contributed by atoms with Gasteiger partial charge in [0, 0.05) is 17.7 Å². The van der Waals surface area contributed by atoms with E-state index in [-0.39, 0.29) is 0 Å². The summed E-state index contributed by atoms with van der Waals surface area (Å²) in [4.78, 5) is 20.8. The highest BCUT2D eigenvalue weighted by Gasteiger charge is 1.97. The fraction of sp³-hybridized carbons (Fsp3) is 0.111. The van der Waals surface area contributed by atoms with Crippen LogP contribution in [0.15, 0.2) is 18.2 Å². The van der Waals surface area contributed by atoms with E-state index in [1.807, 2.05) is 0 Å². The molecule has 0 saturated carbocycles. The van der Waals surface area contributed by atoms with Crippen molar-refractivity contribution < 1.29 is 9.59 Å². The molecule has 3 heteroatoms. The maximum atomic E-state index is 10.4. The summed E-state index contributed by atoms with van der Waals surface area (Å²) in [6.07, 6.45) is 1.40. The molecule has 1 aromatic rings. The Balaban J connectivity index is 3.18. The molecular formula is C9H9NO2. The first kappa shape index (κ1) is 8.62. The number of carbonyl (C=O) groups is 2. The largest absolute Gasteiger partial charge is 0.326 e. The number of hydrogen-bond acceptors (Lipinski definition) is 3. The highest BCUT2D eigenvalue weighted by molar-refractivity contribution is 5.82. The minimum absolute atomic E-state index is 0.336. The van der Waals surface area contributed by atoms with E-state index in [0.29, 0.717) is 30.2 Å². The molecular weight excluding hydrogens is 154 g/mol. The van der Waals surface area contributed by atoms with Crippen LogP contribution < -0.4 is 5.73 Å². The minimum atomic E-state index is 0.336. The van der Waals surface area contributed by atoms with E-state index in [0.717, 1.165) is 5.56 Å². The van der Waals surface area contributed by atoms with Gasteiger partial charge in [0.25, 0.3) is 0 Å². The van der Waals surface area contributed by atoms with E-state index in [4.69, 9.17) is 5.73 Å². The average Bonchev–Trinajstić information content (AvgIpc) is 2.16. The van der Waals surface area contributed by atoms with Crippen LogP contribution in [-0.2, 0) is 6.54 Å². The van der Waals surface area contributed by atoms with E-state index in [9.17, 15) is 9.59 Å². The van der Waals surface area contributed by atoms with Crippen molar-refractivity contribution >= 4 is 12.6 Å². The molecule has 0 radical (unpaired) electrons. The van der Waals surface area contributed by atoms with Gasteiger partial charge in [0.2, 0.25) is 0 Å². The number of aldehydes is 2. The van der Waals surface area contributed by atoms with Gasteiger partial charge >= 0.3 is 0 Å². The summed E-state index contributed by atoms with van der Waals surface area (Å²) < 4.78 is 0. The van der Waals surface area contributed by atoms with Crippen molar-refractivity contribution in [2.75, 3.05) is 0 Å². The summed E-state index contributed by atoms with van der Waals surface area (Å²) in [6, 6.07) is 4.86. The zero-order valence-electron chi connectivity index (χ0n) is 6.49. The molecule has 12 heavy (non-hydrogen) atoms. The Morgan fingerprint density at radius 2 is 1.58 bits per heavy atom. The predicted molar refractivity (Wildman–Crippen MR) is 45.1 cm³/mol. The third kappa shape index (κ3) is 1.77. The third-order valence-corrected chi connectivity index (χ3v) is 1.55. The molecule has 0 aromatic heterocycles. The second-order valence-electron chi connectivity index (χ2n) is 2.45. The molecule has 3 nitrogen and oxygen atoms in total. The van der Waals surface area contributed by atoms with Crippen molar-refractivity contribution in [2.45, 2.75) is 6.54 Å². The molecule has 0 amide bonds. The first-order chi connectivity index (χ1) is 5.80. The average molecular weight is 163 g/mol. The summed E-state index contributed by atoms with van der Waals surface area (Å²) in [7, 11) is 0. The van der Waals surface area contributed by atoms with Crippen LogP contribution in [0.1, 0.15) is 26.3 Å². The lowest BCUT2D eigenvalue weighted by molar-refractivity contribution is 0.112. The molecule has 0 heterocycles. The van der Waals surface area contributed by atoms with E-state index in [2.05, 4.69) is 0 Å². The maximum Gasteiger partial charge on any atom is 0.150 e. The molecule has 0 spiro atoms. The van der Waals surface area contributed by atoms with Gasteiger partial charge in [-0.3, -0.25) is 9.59 Å². The second kappa shape index (κ2) is 3.78. The Morgan fingerprint density at radius 1 is 1.08 bits per heavy atom. The molecule has 0 saturated heterocycles. The van der Waals surface area contributed by atoms with Crippen LogP contribution in [0.3, 0.4) is 0 Å². The standard InChI is InChI=1S/C9H9NO2/c10-4-7-1-8(5-11)3-9(2-7)6-12/h1-3,5-6H,4,10H2. The van der Waals surface area contributed by atoms with Gasteiger partial charge in [-0.15, -0.1) is 0 Å². The Kier molecular flexibility index (Phi) is 2.71. The molecule has 1 rings (SSSR count). The first-order valence-electron chi connectivity index (χ1n) is 3.54. The molecule has 0 bridgehead atoms. The van der Waals surface area contributed by atoms with Gasteiger partial charge in [-0.1, -0.05) is 0 Å². The number of nitrogens with two attached hydrogens (primary N) is 1. The van der Waals surface area contributed by atoms with Crippen molar-refractivity contribution in [3.63, 3.8) is 0 Å². The van der Waals surface area contributed by atoms with Gasteiger partial charge in [-0.2, -0.15) is 0 Å². The first-order valence-corrected chi connectivity index (χ1v) is 3.54. The van der Waals surface area contributed by atoms with Crippen molar-refractivity contribution in [1.29, 1.82) is 0 Å². The topological polar surface area (TPSA) is 60.2 Å². The number of rotatable bonds is 3. The molecule has 1 aromatic carbocycles. The quantitative estimate of drug-likeness (QED) is 0.669. The van der Waals surface area contributed by atoms with Crippen LogP contribution in [0.2, 0.25) is 0 Å². The van der Waals surface area contributed by atoms with Crippen LogP contribution in [0.5, 0.6) is 0 Å². The Bertz CT molecular complexity index is 281. The predicted octanol–water partition coefficient (Wildman–Crippen LogP) is 0.770. The van der Waals surface area contributed by atoms with Crippen molar-refractivity contribution in [1.82, 2.24) is 0 Å². The number of carbonyl (C=O) groups excluding carboxylic acids is 2. The van der Waals surface area contributed by atoms with Crippen molar-refractivity contribution in [2.24, 2.45) is 5.73 Å². The number of benzene rings is 1. The third-order valence-electron chi connectivity index (χ3n) is 1.55. The zero-order chi connectivity index (χ0) is 8.97. The van der Waals surface area contributed by atoms with E-state index in [1.165, 1.54) is 6.07 Å². The molecule has 0 aliphatic carbocycles. The van der Waals surface area contributed by atoms with Crippen molar-refractivity contribution in [3.8, 4) is 0 Å². The second-order valence-corrected chi connectivity index (χ2v) is 2.45. The van der Waals surface area contributed by atoms with Gasteiger partial charge in [0.15, 0.2) is 0 Å². The van der Waals surface area contributed by atoms with Crippen LogP contribution in [0.4, 0.5) is 0 Å². The molecule has 62 valence electrons.